The van der Waals surface area contributed by atoms with E-state index < -0.39 is 0 Å². The highest BCUT2D eigenvalue weighted by Gasteiger charge is 2.11. The van der Waals surface area contributed by atoms with Crippen LogP contribution in [0.1, 0.15) is 11.1 Å². The number of para-hydroxylation sites is 1. The Bertz CT molecular complexity index is 379. The number of thiocarbonyl (C=S) groups is 1. The molecule has 0 amide bonds. The zero-order chi connectivity index (χ0) is 12.1. The highest BCUT2D eigenvalue weighted by molar-refractivity contribution is 7.80. The van der Waals surface area contributed by atoms with E-state index in [1.165, 1.54) is 5.56 Å². The lowest BCUT2D eigenvalue weighted by molar-refractivity contribution is 0.206. The summed E-state index contributed by atoms with van der Waals surface area (Å²) in [6.45, 7) is 3.55. The van der Waals surface area contributed by atoms with Gasteiger partial charge < -0.3 is 15.4 Å². The molecule has 0 aliphatic heterocycles. The van der Waals surface area contributed by atoms with Crippen molar-refractivity contribution in [3.63, 3.8) is 0 Å². The summed E-state index contributed by atoms with van der Waals surface area (Å²) >= 11 is 5.06. The molecule has 0 atom stereocenters. The summed E-state index contributed by atoms with van der Waals surface area (Å²) in [4.78, 5) is 2.55. The fraction of sp³-hybridized carbons (Fsp3) is 0.417. The quantitative estimate of drug-likeness (QED) is 0.793. The maximum Gasteiger partial charge on any atom is 0.106 e. The Hall–Kier alpha value is -1.13. The predicted octanol–water partition coefficient (Wildman–Crippen LogP) is 1.71. The van der Waals surface area contributed by atoms with Crippen molar-refractivity contribution in [1.82, 2.24) is 0 Å². The van der Waals surface area contributed by atoms with Crippen LogP contribution >= 0.6 is 12.2 Å². The van der Waals surface area contributed by atoms with Crippen LogP contribution in [0, 0.1) is 6.92 Å². The molecule has 0 aliphatic carbocycles. The first-order valence-corrected chi connectivity index (χ1v) is 5.58. The minimum Gasteiger partial charge on any atom is -0.389 e. The topological polar surface area (TPSA) is 38.5 Å². The normalized spacial score (nSPS) is 10.2. The lowest BCUT2D eigenvalue weighted by atomic mass is 10.1. The third-order valence-electron chi connectivity index (χ3n) is 2.52. The Morgan fingerprint density at radius 2 is 2.19 bits per heavy atom. The van der Waals surface area contributed by atoms with Crippen molar-refractivity contribution >= 4 is 22.9 Å². The number of rotatable bonds is 5. The van der Waals surface area contributed by atoms with Gasteiger partial charge in [0.2, 0.25) is 0 Å². The molecule has 1 aromatic rings. The van der Waals surface area contributed by atoms with Crippen LogP contribution in [0.4, 0.5) is 5.69 Å². The first kappa shape index (κ1) is 12.9. The number of hydrogen-bond donors (Lipinski definition) is 1. The molecule has 0 saturated carbocycles. The van der Waals surface area contributed by atoms with E-state index in [1.807, 2.05) is 19.2 Å². The Morgan fingerprint density at radius 1 is 1.50 bits per heavy atom. The molecular formula is C12H18N2OS. The lowest BCUT2D eigenvalue weighted by Crippen LogP contribution is -2.26. The largest absolute Gasteiger partial charge is 0.389 e. The van der Waals surface area contributed by atoms with Gasteiger partial charge in [0.05, 0.1) is 6.61 Å². The number of aryl methyl sites for hydroxylation is 1. The number of benzene rings is 1. The van der Waals surface area contributed by atoms with Crippen molar-refractivity contribution in [2.24, 2.45) is 5.73 Å². The van der Waals surface area contributed by atoms with Gasteiger partial charge in [-0.3, -0.25) is 0 Å². The van der Waals surface area contributed by atoms with Gasteiger partial charge in [-0.15, -0.1) is 0 Å². The molecule has 0 aliphatic rings. The maximum absolute atomic E-state index is 5.72. The molecule has 0 unspecified atom stereocenters. The summed E-state index contributed by atoms with van der Waals surface area (Å²) in [7, 11) is 3.71. The first-order valence-electron chi connectivity index (χ1n) is 5.17. The van der Waals surface area contributed by atoms with Gasteiger partial charge in [-0.05, 0) is 18.6 Å². The van der Waals surface area contributed by atoms with Gasteiger partial charge in [0.15, 0.2) is 0 Å². The number of ether oxygens (including phenoxy) is 1. The van der Waals surface area contributed by atoms with Crippen molar-refractivity contribution in [2.75, 3.05) is 32.2 Å². The molecule has 2 N–H and O–H groups in total. The summed E-state index contributed by atoms with van der Waals surface area (Å²) < 4.78 is 5.07. The van der Waals surface area contributed by atoms with Crippen LogP contribution in [0.2, 0.25) is 0 Å². The number of likely N-dealkylation sites (N-methyl/N-ethyl adjacent to an activating group) is 1. The molecular weight excluding hydrogens is 220 g/mol. The fourth-order valence-corrected chi connectivity index (χ4v) is 1.87. The fourth-order valence-electron chi connectivity index (χ4n) is 1.70. The average molecular weight is 238 g/mol. The molecule has 0 spiro atoms. The van der Waals surface area contributed by atoms with Gasteiger partial charge >= 0.3 is 0 Å². The zero-order valence-corrected chi connectivity index (χ0v) is 10.8. The molecule has 3 nitrogen and oxygen atoms in total. The SMILES string of the molecule is COCCN(C)c1c(C)cccc1C(N)=S. The van der Waals surface area contributed by atoms with E-state index in [2.05, 4.69) is 17.9 Å². The number of hydrogen-bond acceptors (Lipinski definition) is 3. The Labute approximate surface area is 102 Å². The van der Waals surface area contributed by atoms with E-state index >= 15 is 0 Å². The van der Waals surface area contributed by atoms with E-state index in [9.17, 15) is 0 Å². The van der Waals surface area contributed by atoms with Gasteiger partial charge in [0.25, 0.3) is 0 Å². The van der Waals surface area contributed by atoms with Gasteiger partial charge in [-0.1, -0.05) is 24.4 Å². The molecule has 88 valence electrons. The predicted molar refractivity (Wildman–Crippen MR) is 72.2 cm³/mol. The van der Waals surface area contributed by atoms with Crippen LogP contribution in [-0.4, -0.2) is 32.3 Å². The van der Waals surface area contributed by atoms with E-state index in [-0.39, 0.29) is 0 Å². The molecule has 0 aromatic heterocycles. The summed E-state index contributed by atoms with van der Waals surface area (Å²) in [5.74, 6) is 0. The number of methoxy groups -OCH3 is 1. The van der Waals surface area contributed by atoms with E-state index in [1.54, 1.807) is 7.11 Å². The van der Waals surface area contributed by atoms with Crippen LogP contribution in [0.3, 0.4) is 0 Å². The molecule has 0 saturated heterocycles. The van der Waals surface area contributed by atoms with Crippen LogP contribution in [-0.2, 0) is 4.74 Å². The number of nitrogens with two attached hydrogens (primary N) is 1. The minimum atomic E-state index is 0.433. The van der Waals surface area contributed by atoms with Crippen LogP contribution < -0.4 is 10.6 Å². The minimum absolute atomic E-state index is 0.433. The van der Waals surface area contributed by atoms with E-state index in [0.717, 1.165) is 17.8 Å². The maximum atomic E-state index is 5.72. The molecule has 0 fully saturated rings. The van der Waals surface area contributed by atoms with Crippen molar-refractivity contribution in [1.29, 1.82) is 0 Å². The Kier molecular flexibility index (Phi) is 4.71. The van der Waals surface area contributed by atoms with Crippen molar-refractivity contribution < 1.29 is 4.74 Å². The Morgan fingerprint density at radius 3 is 2.75 bits per heavy atom. The standard InChI is InChI=1S/C12H18N2OS/c1-9-5-4-6-10(12(13)16)11(9)14(2)7-8-15-3/h4-6H,7-8H2,1-3H3,(H2,13,16). The average Bonchev–Trinajstić information content (AvgIpc) is 2.25. The van der Waals surface area contributed by atoms with Crippen LogP contribution in [0.15, 0.2) is 18.2 Å². The van der Waals surface area contributed by atoms with Gasteiger partial charge in [-0.2, -0.15) is 0 Å². The second-order valence-corrected chi connectivity index (χ2v) is 4.19. The van der Waals surface area contributed by atoms with Crippen molar-refractivity contribution in [3.8, 4) is 0 Å². The highest BCUT2D eigenvalue weighted by Crippen LogP contribution is 2.23. The van der Waals surface area contributed by atoms with Crippen molar-refractivity contribution in [3.05, 3.63) is 29.3 Å². The molecule has 1 rings (SSSR count). The summed E-state index contributed by atoms with van der Waals surface area (Å²) in [5, 5.41) is 0. The Balaban J connectivity index is 3.04. The molecule has 1 aromatic carbocycles. The number of anilines is 1. The highest BCUT2D eigenvalue weighted by atomic mass is 32.1. The molecule has 0 heterocycles. The molecule has 4 heteroatoms. The molecule has 0 bridgehead atoms. The van der Waals surface area contributed by atoms with E-state index in [4.69, 9.17) is 22.7 Å². The summed E-state index contributed by atoms with van der Waals surface area (Å²) in [5.41, 5.74) is 8.91. The summed E-state index contributed by atoms with van der Waals surface area (Å²) in [6.07, 6.45) is 0. The molecule has 16 heavy (non-hydrogen) atoms. The second kappa shape index (κ2) is 5.82. The monoisotopic (exact) mass is 238 g/mol. The zero-order valence-electron chi connectivity index (χ0n) is 9.99. The van der Waals surface area contributed by atoms with Crippen molar-refractivity contribution in [2.45, 2.75) is 6.92 Å². The molecule has 0 radical (unpaired) electrons. The summed E-state index contributed by atoms with van der Waals surface area (Å²) in [6, 6.07) is 5.98. The van der Waals surface area contributed by atoms with Crippen LogP contribution in [0.5, 0.6) is 0 Å². The first-order chi connectivity index (χ1) is 7.57. The van der Waals surface area contributed by atoms with Gasteiger partial charge in [0.1, 0.15) is 4.99 Å². The van der Waals surface area contributed by atoms with Crippen LogP contribution in [0.25, 0.3) is 0 Å². The third-order valence-corrected chi connectivity index (χ3v) is 2.74. The van der Waals surface area contributed by atoms with Gasteiger partial charge in [0, 0.05) is 32.0 Å². The van der Waals surface area contributed by atoms with Gasteiger partial charge in [-0.25, -0.2) is 0 Å². The lowest BCUT2D eigenvalue weighted by Gasteiger charge is -2.23. The second-order valence-electron chi connectivity index (χ2n) is 3.75. The number of nitrogens with zero attached hydrogens (tertiary/aromatic N) is 1. The van der Waals surface area contributed by atoms with E-state index in [0.29, 0.717) is 11.6 Å². The smallest absolute Gasteiger partial charge is 0.106 e. The third kappa shape index (κ3) is 2.93.